The zero-order valence-corrected chi connectivity index (χ0v) is 17.7. The van der Waals surface area contributed by atoms with Crippen molar-refractivity contribution in [2.45, 2.75) is 25.8 Å². The Morgan fingerprint density at radius 2 is 2.23 bits per heavy atom. The minimum absolute atomic E-state index is 0.0947. The summed E-state index contributed by atoms with van der Waals surface area (Å²) in [5, 5.41) is 4.43. The molecule has 5 rings (SSSR count). The van der Waals surface area contributed by atoms with E-state index in [1.165, 1.54) is 0 Å². The number of H-pyrrole nitrogens is 1. The maximum absolute atomic E-state index is 14.5. The minimum Gasteiger partial charge on any atom is -0.379 e. The number of piperidine rings is 1. The molecule has 0 aliphatic carbocycles. The van der Waals surface area contributed by atoms with Crippen molar-refractivity contribution in [3.63, 3.8) is 0 Å². The first-order chi connectivity index (χ1) is 14.9. The third-order valence-electron chi connectivity index (χ3n) is 5.89. The number of carbonyl (C=O) groups is 1. The van der Waals surface area contributed by atoms with Gasteiger partial charge in [-0.2, -0.15) is 0 Å². The maximum Gasteiger partial charge on any atom is 0.233 e. The molecule has 0 aromatic carbocycles. The Bertz CT molecular complexity index is 1150. The second-order valence-electron chi connectivity index (χ2n) is 8.43. The van der Waals surface area contributed by atoms with Crippen LogP contribution in [0.15, 0.2) is 24.7 Å². The molecule has 0 saturated carbocycles. The van der Waals surface area contributed by atoms with Crippen LogP contribution in [-0.2, 0) is 9.53 Å². The van der Waals surface area contributed by atoms with Crippen LogP contribution in [0.5, 0.6) is 0 Å². The van der Waals surface area contributed by atoms with E-state index in [1.54, 1.807) is 18.5 Å². The van der Waals surface area contributed by atoms with Gasteiger partial charge in [-0.25, -0.2) is 19.3 Å². The van der Waals surface area contributed by atoms with Gasteiger partial charge in [0.05, 0.1) is 29.8 Å². The fourth-order valence-corrected chi connectivity index (χ4v) is 4.31. The molecular weight excluding hydrogens is 423 g/mol. The van der Waals surface area contributed by atoms with E-state index in [-0.39, 0.29) is 17.8 Å². The molecule has 0 spiro atoms. The van der Waals surface area contributed by atoms with Gasteiger partial charge >= 0.3 is 0 Å². The van der Waals surface area contributed by atoms with Crippen LogP contribution in [0.1, 0.15) is 19.8 Å². The number of hydrogen-bond acceptors (Lipinski definition) is 6. The Balaban J connectivity index is 1.37. The van der Waals surface area contributed by atoms with E-state index >= 15 is 0 Å². The Morgan fingerprint density at radius 3 is 3.00 bits per heavy atom. The lowest BCUT2D eigenvalue weighted by Gasteiger charge is -2.43. The monoisotopic (exact) mass is 444 g/mol. The third-order valence-corrected chi connectivity index (χ3v) is 6.10. The van der Waals surface area contributed by atoms with Gasteiger partial charge in [-0.05, 0) is 25.8 Å². The maximum atomic E-state index is 14.5. The van der Waals surface area contributed by atoms with E-state index in [1.807, 2.05) is 11.8 Å². The summed E-state index contributed by atoms with van der Waals surface area (Å²) in [6.45, 7) is 4.03. The van der Waals surface area contributed by atoms with E-state index in [9.17, 15) is 9.18 Å². The molecule has 2 aliphatic heterocycles. The zero-order chi connectivity index (χ0) is 21.6. The molecule has 2 fully saturated rings. The second-order valence-corrected chi connectivity index (χ2v) is 8.87. The Kier molecular flexibility index (Phi) is 5.02. The lowest BCUT2D eigenvalue weighted by Crippen LogP contribution is -2.56. The number of aromatic amines is 1. The van der Waals surface area contributed by atoms with Crippen LogP contribution in [-0.4, -0.2) is 63.1 Å². The number of aromatic nitrogens is 4. The molecule has 3 aromatic heterocycles. The van der Waals surface area contributed by atoms with Gasteiger partial charge in [0.2, 0.25) is 5.91 Å². The van der Waals surface area contributed by atoms with Crippen molar-refractivity contribution < 1.29 is 13.9 Å². The van der Waals surface area contributed by atoms with E-state index in [0.717, 1.165) is 24.4 Å². The molecule has 2 aliphatic rings. The molecule has 1 amide bonds. The van der Waals surface area contributed by atoms with Crippen LogP contribution in [0.3, 0.4) is 0 Å². The van der Waals surface area contributed by atoms with Crippen molar-refractivity contribution in [2.24, 2.45) is 5.41 Å². The summed E-state index contributed by atoms with van der Waals surface area (Å²) in [4.78, 5) is 30.5. The quantitative estimate of drug-likeness (QED) is 0.641. The van der Waals surface area contributed by atoms with Crippen LogP contribution in [0.2, 0.25) is 5.02 Å². The van der Waals surface area contributed by atoms with Gasteiger partial charge in [-0.3, -0.25) is 4.79 Å². The predicted octanol–water partition coefficient (Wildman–Crippen LogP) is 3.25. The molecule has 3 aromatic rings. The van der Waals surface area contributed by atoms with E-state index < -0.39 is 11.2 Å². The highest BCUT2D eigenvalue weighted by atomic mass is 35.5. The van der Waals surface area contributed by atoms with Gasteiger partial charge in [0.15, 0.2) is 17.5 Å². The molecule has 0 radical (unpaired) electrons. The predicted molar refractivity (Wildman–Crippen MR) is 114 cm³/mol. The molecule has 10 heteroatoms. The highest BCUT2D eigenvalue weighted by molar-refractivity contribution is 6.31. The van der Waals surface area contributed by atoms with Crippen molar-refractivity contribution in [3.8, 4) is 11.4 Å². The number of hydrogen-bond donors (Lipinski definition) is 2. The summed E-state index contributed by atoms with van der Waals surface area (Å²) in [6, 6.07) is 1.67. The van der Waals surface area contributed by atoms with Crippen LogP contribution in [0, 0.1) is 11.2 Å². The van der Waals surface area contributed by atoms with Crippen LogP contribution in [0.4, 0.5) is 10.2 Å². The van der Waals surface area contributed by atoms with Gasteiger partial charge in [0, 0.05) is 42.5 Å². The molecule has 1 atom stereocenters. The number of likely N-dealkylation sites (tertiary alicyclic amines) is 1. The molecule has 31 heavy (non-hydrogen) atoms. The van der Waals surface area contributed by atoms with Gasteiger partial charge in [-0.1, -0.05) is 11.6 Å². The van der Waals surface area contributed by atoms with Crippen molar-refractivity contribution >= 4 is 34.4 Å². The van der Waals surface area contributed by atoms with E-state index in [0.29, 0.717) is 48.4 Å². The Labute approximate surface area is 183 Å². The minimum atomic E-state index is -0.539. The number of pyridine rings is 1. The molecule has 162 valence electrons. The topological polar surface area (TPSA) is 96.0 Å². The van der Waals surface area contributed by atoms with Gasteiger partial charge in [-0.15, -0.1) is 0 Å². The number of rotatable bonds is 4. The van der Waals surface area contributed by atoms with Crippen molar-refractivity contribution in [1.82, 2.24) is 24.8 Å². The number of halogens is 2. The van der Waals surface area contributed by atoms with Crippen molar-refractivity contribution in [2.75, 3.05) is 31.6 Å². The summed E-state index contributed by atoms with van der Waals surface area (Å²) < 4.78 is 19.8. The van der Waals surface area contributed by atoms with Gasteiger partial charge in [0.1, 0.15) is 5.65 Å². The number of nitrogens with zero attached hydrogens (tertiary/aromatic N) is 4. The van der Waals surface area contributed by atoms with Crippen LogP contribution < -0.4 is 5.32 Å². The Morgan fingerprint density at radius 1 is 1.39 bits per heavy atom. The van der Waals surface area contributed by atoms with Gasteiger partial charge < -0.3 is 19.9 Å². The SMILES string of the molecule is CC1(C(=O)N2CCCC(Nc3nc(-c4c[nH]c5ncc(Cl)cc45)ncc3F)C2)COC1. The average Bonchev–Trinajstić information content (AvgIpc) is 3.16. The lowest BCUT2D eigenvalue weighted by molar-refractivity contribution is -0.169. The first-order valence-corrected chi connectivity index (χ1v) is 10.6. The second kappa shape index (κ2) is 7.72. The largest absolute Gasteiger partial charge is 0.379 e. The van der Waals surface area contributed by atoms with E-state index in [4.69, 9.17) is 16.3 Å². The summed E-state index contributed by atoms with van der Waals surface area (Å²) in [6.07, 6.45) is 6.09. The molecule has 5 heterocycles. The summed E-state index contributed by atoms with van der Waals surface area (Å²) in [5.74, 6) is 0.0359. The van der Waals surface area contributed by atoms with Crippen LogP contribution >= 0.6 is 11.6 Å². The molecule has 8 nitrogen and oxygen atoms in total. The molecule has 2 N–H and O–H groups in total. The first kappa shape index (κ1) is 20.1. The number of amides is 1. The highest BCUT2D eigenvalue weighted by Crippen LogP contribution is 2.31. The summed E-state index contributed by atoms with van der Waals surface area (Å²) >= 11 is 6.08. The zero-order valence-electron chi connectivity index (χ0n) is 17.0. The summed E-state index contributed by atoms with van der Waals surface area (Å²) in [7, 11) is 0. The molecule has 2 saturated heterocycles. The number of fused-ring (bicyclic) bond motifs is 1. The van der Waals surface area contributed by atoms with E-state index in [2.05, 4.69) is 25.3 Å². The summed E-state index contributed by atoms with van der Waals surface area (Å²) in [5.41, 5.74) is 0.892. The normalized spacial score (nSPS) is 20.5. The third kappa shape index (κ3) is 3.72. The average molecular weight is 445 g/mol. The number of ether oxygens (including phenoxy) is 1. The number of carbonyl (C=O) groups excluding carboxylic acids is 1. The van der Waals surface area contributed by atoms with Crippen molar-refractivity contribution in [1.29, 1.82) is 0 Å². The molecule has 1 unspecified atom stereocenters. The molecular formula is C21H22ClFN6O2. The Hall–Kier alpha value is -2.78. The van der Waals surface area contributed by atoms with Crippen LogP contribution in [0.25, 0.3) is 22.4 Å². The fraction of sp³-hybridized carbons (Fsp3) is 0.429. The highest BCUT2D eigenvalue weighted by Gasteiger charge is 2.44. The standard InChI is InChI=1S/C21H22ClFN6O2/c1-21(10-31-11-21)20(30)29-4-2-3-13(9-29)27-19-16(23)8-26-18(28-19)15-7-25-17-14(15)5-12(22)6-24-17/h5-8,13H,2-4,9-11H2,1H3,(H,24,25)(H,26,27,28). The smallest absolute Gasteiger partial charge is 0.233 e. The first-order valence-electron chi connectivity index (χ1n) is 10.2. The fourth-order valence-electron chi connectivity index (χ4n) is 4.15. The van der Waals surface area contributed by atoms with Gasteiger partial charge in [0.25, 0.3) is 0 Å². The molecule has 0 bridgehead atoms. The lowest BCUT2D eigenvalue weighted by atomic mass is 9.86. The number of anilines is 1. The number of nitrogens with one attached hydrogen (secondary N) is 2. The van der Waals surface area contributed by atoms with Crippen molar-refractivity contribution in [3.05, 3.63) is 35.5 Å².